The number of nitrogens with zero attached hydrogens (tertiary/aromatic N) is 1. The lowest BCUT2D eigenvalue weighted by atomic mass is 10.1. The minimum Gasteiger partial charge on any atom is -0.497 e. The summed E-state index contributed by atoms with van der Waals surface area (Å²) in [5, 5.41) is 2.78. The molecule has 29 heavy (non-hydrogen) atoms. The number of hydrogen-bond acceptors (Lipinski definition) is 6. The fourth-order valence-electron chi connectivity index (χ4n) is 2.91. The quantitative estimate of drug-likeness (QED) is 0.669. The highest BCUT2D eigenvalue weighted by atomic mass is 32.2. The number of likely N-dealkylation sites (N-methyl/N-ethyl adjacent to an activating group) is 1. The van der Waals surface area contributed by atoms with Gasteiger partial charge in [-0.25, -0.2) is 0 Å². The third-order valence-corrected chi connectivity index (χ3v) is 5.31. The lowest BCUT2D eigenvalue weighted by Gasteiger charge is -2.28. The van der Waals surface area contributed by atoms with Gasteiger partial charge in [-0.2, -0.15) is 0 Å². The fourth-order valence-corrected chi connectivity index (χ4v) is 3.63. The first kappa shape index (κ1) is 20.7. The number of ketones is 1. The number of thioether (sulfide) groups is 1. The van der Waals surface area contributed by atoms with Crippen molar-refractivity contribution >= 4 is 40.7 Å². The maximum atomic E-state index is 12.5. The number of Topliss-reactive ketones (excluding diaryl/α,β-unsaturated/α-hetero) is 1. The number of carbonyl (C=O) groups is 3. The van der Waals surface area contributed by atoms with E-state index < -0.39 is 0 Å². The van der Waals surface area contributed by atoms with Gasteiger partial charge in [0.1, 0.15) is 11.5 Å². The molecular formula is C21H22N2O5S. The van der Waals surface area contributed by atoms with E-state index in [1.807, 2.05) is 6.92 Å². The SMILES string of the molecule is CCN1C(=O)COc2ccc(C(=O)CSCC(=O)Nc3ccc(OC)cc3)cc21. The highest BCUT2D eigenvalue weighted by Gasteiger charge is 2.25. The molecule has 152 valence electrons. The molecule has 7 nitrogen and oxygen atoms in total. The van der Waals surface area contributed by atoms with Crippen molar-refractivity contribution in [2.24, 2.45) is 0 Å². The van der Waals surface area contributed by atoms with Gasteiger partial charge in [-0.15, -0.1) is 11.8 Å². The molecule has 1 aliphatic heterocycles. The summed E-state index contributed by atoms with van der Waals surface area (Å²) in [4.78, 5) is 38.1. The molecule has 0 aliphatic carbocycles. The summed E-state index contributed by atoms with van der Waals surface area (Å²) in [5.41, 5.74) is 1.77. The number of hydrogen-bond donors (Lipinski definition) is 1. The first-order valence-electron chi connectivity index (χ1n) is 9.14. The molecule has 3 rings (SSSR count). The molecule has 2 aromatic carbocycles. The van der Waals surface area contributed by atoms with Crippen molar-refractivity contribution in [2.75, 3.05) is 42.0 Å². The average molecular weight is 414 g/mol. The van der Waals surface area contributed by atoms with Crippen molar-refractivity contribution < 1.29 is 23.9 Å². The van der Waals surface area contributed by atoms with Gasteiger partial charge in [-0.3, -0.25) is 14.4 Å². The second kappa shape index (κ2) is 9.47. The van der Waals surface area contributed by atoms with Gasteiger partial charge < -0.3 is 19.7 Å². The maximum Gasteiger partial charge on any atom is 0.265 e. The summed E-state index contributed by atoms with van der Waals surface area (Å²) in [5.74, 6) is 1.20. The average Bonchev–Trinajstić information content (AvgIpc) is 2.73. The standard InChI is InChI=1S/C21H22N2O5S/c1-3-23-17-10-14(4-9-19(17)28-11-21(23)26)18(24)12-29-13-20(25)22-15-5-7-16(27-2)8-6-15/h4-10H,3,11-13H2,1-2H3,(H,22,25). The Balaban J connectivity index is 1.53. The molecule has 2 amide bonds. The van der Waals surface area contributed by atoms with Crippen LogP contribution >= 0.6 is 11.8 Å². The fraction of sp³-hybridized carbons (Fsp3) is 0.286. The van der Waals surface area contributed by atoms with Gasteiger partial charge in [0.2, 0.25) is 5.91 Å². The van der Waals surface area contributed by atoms with E-state index in [2.05, 4.69) is 5.32 Å². The number of nitrogens with one attached hydrogen (secondary N) is 1. The number of carbonyl (C=O) groups excluding carboxylic acids is 3. The maximum absolute atomic E-state index is 12.5. The Bertz CT molecular complexity index is 914. The summed E-state index contributed by atoms with van der Waals surface area (Å²) < 4.78 is 10.5. The van der Waals surface area contributed by atoms with Crippen LogP contribution in [0.1, 0.15) is 17.3 Å². The van der Waals surface area contributed by atoms with E-state index in [-0.39, 0.29) is 35.7 Å². The third kappa shape index (κ3) is 5.08. The van der Waals surface area contributed by atoms with Crippen LogP contribution in [0.4, 0.5) is 11.4 Å². The summed E-state index contributed by atoms with van der Waals surface area (Å²) in [6.45, 7) is 2.39. The minimum absolute atomic E-state index is 0.00723. The van der Waals surface area contributed by atoms with Crippen molar-refractivity contribution in [1.29, 1.82) is 0 Å². The van der Waals surface area contributed by atoms with Gasteiger partial charge in [0.15, 0.2) is 12.4 Å². The molecule has 0 radical (unpaired) electrons. The summed E-state index contributed by atoms with van der Waals surface area (Å²) in [7, 11) is 1.58. The molecule has 0 spiro atoms. The Hall–Kier alpha value is -3.00. The van der Waals surface area contributed by atoms with Crippen LogP contribution in [-0.2, 0) is 9.59 Å². The van der Waals surface area contributed by atoms with Crippen molar-refractivity contribution in [3.63, 3.8) is 0 Å². The first-order chi connectivity index (χ1) is 14.0. The third-order valence-electron chi connectivity index (χ3n) is 4.38. The minimum atomic E-state index is -0.186. The van der Waals surface area contributed by atoms with Gasteiger partial charge in [-0.05, 0) is 49.4 Å². The van der Waals surface area contributed by atoms with E-state index in [9.17, 15) is 14.4 Å². The van der Waals surface area contributed by atoms with E-state index in [0.29, 0.717) is 35.0 Å². The Morgan fingerprint density at radius 2 is 1.93 bits per heavy atom. The molecule has 0 saturated carbocycles. The predicted molar refractivity (Wildman–Crippen MR) is 113 cm³/mol. The topological polar surface area (TPSA) is 84.9 Å². The number of ether oxygens (including phenoxy) is 2. The number of benzene rings is 2. The van der Waals surface area contributed by atoms with Crippen LogP contribution < -0.4 is 19.7 Å². The second-order valence-corrected chi connectivity index (χ2v) is 7.29. The van der Waals surface area contributed by atoms with E-state index >= 15 is 0 Å². The van der Waals surface area contributed by atoms with E-state index in [0.717, 1.165) is 0 Å². The molecule has 0 aromatic heterocycles. The van der Waals surface area contributed by atoms with Crippen LogP contribution in [0.15, 0.2) is 42.5 Å². The van der Waals surface area contributed by atoms with Crippen LogP contribution in [0.25, 0.3) is 0 Å². The zero-order chi connectivity index (χ0) is 20.8. The number of rotatable bonds is 8. The zero-order valence-electron chi connectivity index (χ0n) is 16.3. The molecule has 0 unspecified atom stereocenters. The largest absolute Gasteiger partial charge is 0.497 e. The van der Waals surface area contributed by atoms with E-state index in [4.69, 9.17) is 9.47 Å². The smallest absolute Gasteiger partial charge is 0.265 e. The van der Waals surface area contributed by atoms with Gasteiger partial charge >= 0.3 is 0 Å². The Morgan fingerprint density at radius 3 is 2.62 bits per heavy atom. The lowest BCUT2D eigenvalue weighted by Crippen LogP contribution is -2.38. The van der Waals surface area contributed by atoms with Crippen LogP contribution in [0.3, 0.4) is 0 Å². The highest BCUT2D eigenvalue weighted by Crippen LogP contribution is 2.33. The normalized spacial score (nSPS) is 12.8. The Labute approximate surface area is 173 Å². The van der Waals surface area contributed by atoms with Gasteiger partial charge in [0, 0.05) is 17.8 Å². The van der Waals surface area contributed by atoms with E-state index in [1.54, 1.807) is 54.5 Å². The lowest BCUT2D eigenvalue weighted by molar-refractivity contribution is -0.121. The molecule has 0 fully saturated rings. The van der Waals surface area contributed by atoms with Crippen molar-refractivity contribution in [3.8, 4) is 11.5 Å². The molecule has 0 saturated heterocycles. The number of fused-ring (bicyclic) bond motifs is 1. The van der Waals surface area contributed by atoms with Crippen molar-refractivity contribution in [2.45, 2.75) is 6.92 Å². The van der Waals surface area contributed by atoms with Gasteiger partial charge in [0.25, 0.3) is 5.91 Å². The molecule has 0 bridgehead atoms. The molecule has 1 aliphatic rings. The van der Waals surface area contributed by atoms with Crippen LogP contribution in [0, 0.1) is 0 Å². The molecule has 8 heteroatoms. The van der Waals surface area contributed by atoms with E-state index in [1.165, 1.54) is 11.8 Å². The summed E-state index contributed by atoms with van der Waals surface area (Å²) in [6.07, 6.45) is 0. The van der Waals surface area contributed by atoms with Crippen LogP contribution in [-0.4, -0.2) is 49.4 Å². The Kier molecular flexibility index (Phi) is 6.77. The summed E-state index contributed by atoms with van der Waals surface area (Å²) in [6, 6.07) is 12.1. The van der Waals surface area contributed by atoms with Gasteiger partial charge in [0.05, 0.1) is 24.3 Å². The van der Waals surface area contributed by atoms with Crippen LogP contribution in [0.2, 0.25) is 0 Å². The molecular weight excluding hydrogens is 392 g/mol. The molecule has 1 N–H and O–H groups in total. The first-order valence-corrected chi connectivity index (χ1v) is 10.3. The Morgan fingerprint density at radius 1 is 1.17 bits per heavy atom. The second-order valence-electron chi connectivity index (χ2n) is 6.30. The number of methoxy groups -OCH3 is 1. The molecule has 2 aromatic rings. The van der Waals surface area contributed by atoms with Crippen LogP contribution in [0.5, 0.6) is 11.5 Å². The number of anilines is 2. The number of amides is 2. The summed E-state index contributed by atoms with van der Waals surface area (Å²) >= 11 is 1.24. The molecule has 0 atom stereocenters. The zero-order valence-corrected chi connectivity index (χ0v) is 17.1. The van der Waals surface area contributed by atoms with Gasteiger partial charge in [-0.1, -0.05) is 0 Å². The van der Waals surface area contributed by atoms with Crippen molar-refractivity contribution in [3.05, 3.63) is 48.0 Å². The predicted octanol–water partition coefficient (Wildman–Crippen LogP) is 3.00. The highest BCUT2D eigenvalue weighted by molar-refractivity contribution is 8.00. The molecule has 1 heterocycles. The van der Waals surface area contributed by atoms with Crippen molar-refractivity contribution in [1.82, 2.24) is 0 Å². The monoisotopic (exact) mass is 414 g/mol.